The molecule has 0 aliphatic carbocycles. The number of fused-ring (bicyclic) bond motifs is 1. The number of imidazole rings is 1. The number of hydrogen-bond acceptors (Lipinski definition) is 4. The monoisotopic (exact) mass is 411 g/mol. The molecule has 3 rings (SSSR count). The Morgan fingerprint density at radius 2 is 1.83 bits per heavy atom. The maximum atomic E-state index is 12.9. The number of carbonyl (C=O) groups is 2. The van der Waals surface area contributed by atoms with Crippen LogP contribution in [-0.2, 0) is 16.6 Å². The number of hydrogen-bond donors (Lipinski definition) is 2. The van der Waals surface area contributed by atoms with E-state index in [1.54, 1.807) is 7.05 Å². The van der Waals surface area contributed by atoms with E-state index in [1.165, 1.54) is 9.13 Å². The van der Waals surface area contributed by atoms with E-state index in [2.05, 4.69) is 17.2 Å². The Morgan fingerprint density at radius 1 is 1.10 bits per heavy atom. The molecule has 0 bridgehead atoms. The summed E-state index contributed by atoms with van der Waals surface area (Å²) in [5.41, 5.74) is 1.86. The van der Waals surface area contributed by atoms with Crippen molar-refractivity contribution in [2.45, 2.75) is 63.8 Å². The highest BCUT2D eigenvalue weighted by Gasteiger charge is 2.31. The Morgan fingerprint density at radius 3 is 2.57 bits per heavy atom. The standard InChI is InChI=1S/C23H29N3O4/c1-25-21-17(11-8-6-4-2-3-5-7-9-16-27)12-10-13-18(21)26(23(25)30)19-14-15-20(28)24-22(19)29/h10,12-13,19,27H,2-7,9,14-16H2,1H3,(H,24,28,29). The minimum atomic E-state index is -0.687. The van der Waals surface area contributed by atoms with E-state index in [4.69, 9.17) is 5.11 Å². The van der Waals surface area contributed by atoms with Gasteiger partial charge in [-0.3, -0.25) is 24.0 Å². The summed E-state index contributed by atoms with van der Waals surface area (Å²) in [6.07, 6.45) is 7.72. The van der Waals surface area contributed by atoms with E-state index >= 15 is 0 Å². The molecular weight excluding hydrogens is 382 g/mol. The first-order valence-electron chi connectivity index (χ1n) is 10.7. The summed E-state index contributed by atoms with van der Waals surface area (Å²) in [6.45, 7) is 0.269. The fraction of sp³-hybridized carbons (Fsp3) is 0.522. The van der Waals surface area contributed by atoms with Crippen LogP contribution in [0.15, 0.2) is 23.0 Å². The van der Waals surface area contributed by atoms with Gasteiger partial charge in [0, 0.05) is 26.5 Å². The van der Waals surface area contributed by atoms with Crippen molar-refractivity contribution in [1.29, 1.82) is 0 Å². The Hall–Kier alpha value is -2.85. The second-order valence-electron chi connectivity index (χ2n) is 7.75. The number of carbonyl (C=O) groups excluding carboxylic acids is 2. The van der Waals surface area contributed by atoms with Crippen LogP contribution in [0, 0.1) is 11.8 Å². The molecule has 2 amide bonds. The molecule has 7 nitrogen and oxygen atoms in total. The number of imide groups is 1. The van der Waals surface area contributed by atoms with Crippen molar-refractivity contribution in [1.82, 2.24) is 14.5 Å². The molecule has 0 spiro atoms. The Kier molecular flexibility index (Phi) is 7.47. The maximum absolute atomic E-state index is 12.9. The van der Waals surface area contributed by atoms with Gasteiger partial charge in [-0.1, -0.05) is 43.6 Å². The zero-order valence-corrected chi connectivity index (χ0v) is 17.4. The van der Waals surface area contributed by atoms with Gasteiger partial charge in [-0.25, -0.2) is 4.79 Å². The first kappa shape index (κ1) is 21.8. The van der Waals surface area contributed by atoms with E-state index in [0.717, 1.165) is 50.5 Å². The Labute approximate surface area is 176 Å². The van der Waals surface area contributed by atoms with Crippen LogP contribution < -0.4 is 11.0 Å². The third-order valence-corrected chi connectivity index (χ3v) is 5.56. The summed E-state index contributed by atoms with van der Waals surface area (Å²) < 4.78 is 3.01. The van der Waals surface area contributed by atoms with E-state index in [-0.39, 0.29) is 24.6 Å². The smallest absolute Gasteiger partial charge is 0.329 e. The molecule has 1 aliphatic heterocycles. The van der Waals surface area contributed by atoms with Gasteiger partial charge in [0.15, 0.2) is 0 Å². The number of unbranched alkanes of at least 4 members (excludes halogenated alkanes) is 6. The highest BCUT2D eigenvalue weighted by Crippen LogP contribution is 2.24. The number of aliphatic hydroxyl groups excluding tert-OH is 1. The predicted octanol–water partition coefficient (Wildman–Crippen LogP) is 2.39. The molecule has 2 heterocycles. The molecule has 1 saturated heterocycles. The van der Waals surface area contributed by atoms with Crippen molar-refractivity contribution in [3.05, 3.63) is 34.2 Å². The Bertz CT molecular complexity index is 1040. The van der Waals surface area contributed by atoms with Gasteiger partial charge in [0.1, 0.15) is 6.04 Å². The fourth-order valence-corrected chi connectivity index (χ4v) is 3.96. The molecular formula is C23H29N3O4. The lowest BCUT2D eigenvalue weighted by molar-refractivity contribution is -0.135. The van der Waals surface area contributed by atoms with Crippen LogP contribution in [0.1, 0.15) is 69.4 Å². The summed E-state index contributed by atoms with van der Waals surface area (Å²) in [5.74, 6) is 5.66. The molecule has 0 radical (unpaired) electrons. The predicted molar refractivity (Wildman–Crippen MR) is 115 cm³/mol. The molecule has 1 aromatic carbocycles. The summed E-state index contributed by atoms with van der Waals surface area (Å²) >= 11 is 0. The van der Waals surface area contributed by atoms with Gasteiger partial charge >= 0.3 is 5.69 Å². The first-order chi connectivity index (χ1) is 14.5. The first-order valence-corrected chi connectivity index (χ1v) is 10.7. The summed E-state index contributed by atoms with van der Waals surface area (Å²) in [4.78, 5) is 36.7. The zero-order chi connectivity index (χ0) is 21.5. The quantitative estimate of drug-likeness (QED) is 0.396. The lowest BCUT2D eigenvalue weighted by Gasteiger charge is -2.21. The van der Waals surface area contributed by atoms with Gasteiger partial charge in [0.2, 0.25) is 11.8 Å². The molecule has 1 aromatic heterocycles. The van der Waals surface area contributed by atoms with Crippen LogP contribution in [-0.4, -0.2) is 32.7 Å². The largest absolute Gasteiger partial charge is 0.396 e. The third-order valence-electron chi connectivity index (χ3n) is 5.56. The van der Waals surface area contributed by atoms with Gasteiger partial charge in [0.05, 0.1) is 16.6 Å². The molecule has 1 atom stereocenters. The number of rotatable bonds is 8. The number of piperidine rings is 1. The van der Waals surface area contributed by atoms with Crippen molar-refractivity contribution >= 4 is 22.8 Å². The highest BCUT2D eigenvalue weighted by atomic mass is 16.3. The Balaban J connectivity index is 1.75. The van der Waals surface area contributed by atoms with Crippen molar-refractivity contribution < 1.29 is 14.7 Å². The SMILES string of the molecule is Cn1c(=O)n(C2CCC(=O)NC2=O)c2cccc(C#CCCCCCCCCO)c21. The third kappa shape index (κ3) is 4.82. The van der Waals surface area contributed by atoms with Crippen LogP contribution in [0.5, 0.6) is 0 Å². The van der Waals surface area contributed by atoms with Gasteiger partial charge < -0.3 is 5.11 Å². The van der Waals surface area contributed by atoms with E-state index in [1.807, 2.05) is 18.2 Å². The van der Waals surface area contributed by atoms with Crippen LogP contribution in [0.2, 0.25) is 0 Å². The van der Waals surface area contributed by atoms with Gasteiger partial charge in [-0.15, -0.1) is 0 Å². The molecule has 7 heteroatoms. The summed E-state index contributed by atoms with van der Waals surface area (Å²) in [7, 11) is 1.69. The fourth-order valence-electron chi connectivity index (χ4n) is 3.96. The number of aromatic nitrogens is 2. The van der Waals surface area contributed by atoms with E-state index in [9.17, 15) is 14.4 Å². The molecule has 0 saturated carbocycles. The van der Waals surface area contributed by atoms with E-state index < -0.39 is 11.9 Å². The number of para-hydroxylation sites is 1. The molecule has 160 valence electrons. The van der Waals surface area contributed by atoms with E-state index in [0.29, 0.717) is 17.5 Å². The van der Waals surface area contributed by atoms with Crippen molar-refractivity contribution in [2.24, 2.45) is 7.05 Å². The number of amides is 2. The molecule has 1 fully saturated rings. The second-order valence-corrected chi connectivity index (χ2v) is 7.75. The number of nitrogens with zero attached hydrogens (tertiary/aromatic N) is 2. The van der Waals surface area contributed by atoms with Crippen LogP contribution in [0.25, 0.3) is 11.0 Å². The van der Waals surface area contributed by atoms with Gasteiger partial charge in [-0.05, 0) is 31.4 Å². The summed E-state index contributed by atoms with van der Waals surface area (Å²) in [6, 6.07) is 4.86. The minimum absolute atomic E-state index is 0.221. The molecule has 2 N–H and O–H groups in total. The minimum Gasteiger partial charge on any atom is -0.396 e. The summed E-state index contributed by atoms with van der Waals surface area (Å²) in [5, 5.41) is 11.1. The number of aliphatic hydroxyl groups is 1. The topological polar surface area (TPSA) is 93.3 Å². The van der Waals surface area contributed by atoms with Gasteiger partial charge in [0.25, 0.3) is 0 Å². The average Bonchev–Trinajstić information content (AvgIpc) is 2.98. The van der Waals surface area contributed by atoms with Crippen LogP contribution in [0.3, 0.4) is 0 Å². The highest BCUT2D eigenvalue weighted by molar-refractivity contribution is 6.00. The van der Waals surface area contributed by atoms with Crippen molar-refractivity contribution in [3.63, 3.8) is 0 Å². The lowest BCUT2D eigenvalue weighted by Crippen LogP contribution is -2.44. The maximum Gasteiger partial charge on any atom is 0.329 e. The average molecular weight is 412 g/mol. The van der Waals surface area contributed by atoms with Crippen molar-refractivity contribution in [3.8, 4) is 11.8 Å². The zero-order valence-electron chi connectivity index (χ0n) is 17.4. The number of nitrogens with one attached hydrogen (secondary N) is 1. The molecule has 1 unspecified atom stereocenters. The van der Waals surface area contributed by atoms with Crippen LogP contribution in [0.4, 0.5) is 0 Å². The second kappa shape index (κ2) is 10.3. The number of benzene rings is 1. The normalized spacial score (nSPS) is 16.4. The number of aryl methyl sites for hydroxylation is 1. The molecule has 2 aromatic rings. The lowest BCUT2D eigenvalue weighted by atomic mass is 10.1. The molecule has 1 aliphatic rings. The molecule has 30 heavy (non-hydrogen) atoms. The van der Waals surface area contributed by atoms with Crippen LogP contribution >= 0.6 is 0 Å². The van der Waals surface area contributed by atoms with Gasteiger partial charge in [-0.2, -0.15) is 0 Å². The van der Waals surface area contributed by atoms with Crippen molar-refractivity contribution in [2.75, 3.05) is 6.61 Å².